The third-order valence-corrected chi connectivity index (χ3v) is 6.66. The number of aliphatic hydroxyl groups excluding tert-OH is 2. The van der Waals surface area contributed by atoms with Gasteiger partial charge in [0, 0.05) is 12.8 Å². The molecule has 1 fully saturated rings. The quantitative estimate of drug-likeness (QED) is 0.249. The summed E-state index contributed by atoms with van der Waals surface area (Å²) in [5.41, 5.74) is 2.56. The zero-order valence-corrected chi connectivity index (χ0v) is 19.7. The van der Waals surface area contributed by atoms with Crippen LogP contribution < -0.4 is 0 Å². The van der Waals surface area contributed by atoms with Crippen LogP contribution in [0.3, 0.4) is 0 Å². The van der Waals surface area contributed by atoms with Crippen molar-refractivity contribution in [1.29, 1.82) is 0 Å². The number of carboxylic acid groups (broad SMARTS) is 1. The van der Waals surface area contributed by atoms with Crippen molar-refractivity contribution in [3.05, 3.63) is 59.7 Å². The number of aliphatic carboxylic acids is 1. The van der Waals surface area contributed by atoms with Gasteiger partial charge in [-0.3, -0.25) is 4.79 Å². The largest absolute Gasteiger partial charge is 0.481 e. The molecule has 0 amide bonds. The van der Waals surface area contributed by atoms with Crippen LogP contribution in [0.1, 0.15) is 82.3 Å². The summed E-state index contributed by atoms with van der Waals surface area (Å²) >= 11 is 0. The fourth-order valence-corrected chi connectivity index (χ4v) is 4.84. The second-order valence-corrected chi connectivity index (χ2v) is 9.23. The summed E-state index contributed by atoms with van der Waals surface area (Å²) in [6, 6.07) is 8.41. The summed E-state index contributed by atoms with van der Waals surface area (Å²) in [6.45, 7) is 2.21. The molecule has 3 N–H and O–H groups in total. The van der Waals surface area contributed by atoms with Crippen LogP contribution in [0.5, 0.6) is 0 Å². The van der Waals surface area contributed by atoms with Crippen LogP contribution in [0.2, 0.25) is 0 Å². The molecule has 4 heteroatoms. The molecule has 1 aromatic rings. The van der Waals surface area contributed by atoms with Crippen molar-refractivity contribution in [2.45, 2.75) is 96.2 Å². The summed E-state index contributed by atoms with van der Waals surface area (Å²) in [6.07, 6.45) is 17.8. The Balaban J connectivity index is 1.86. The standard InChI is InChI=1S/C28H42O4/c1-2-3-4-12-22-13-5-6-16-24(22)21-25(29)17-9-7-14-23-15-8-10-18-26(23)27(30)19-11-20-28(31)32/h5-7,9,13-14,16-17,23,25-27,29-30H,2-4,8,10-12,15,18-21H2,1H3,(H,31,32)/b14-7+,17-9+. The van der Waals surface area contributed by atoms with Crippen LogP contribution in [0.15, 0.2) is 48.6 Å². The van der Waals surface area contributed by atoms with Crippen LogP contribution in [0.25, 0.3) is 0 Å². The van der Waals surface area contributed by atoms with E-state index in [0.29, 0.717) is 25.2 Å². The van der Waals surface area contributed by atoms with E-state index in [2.05, 4.69) is 31.2 Å². The van der Waals surface area contributed by atoms with Crippen molar-refractivity contribution in [2.75, 3.05) is 0 Å². The number of aliphatic hydroxyl groups is 2. The molecule has 0 aliphatic heterocycles. The summed E-state index contributed by atoms with van der Waals surface area (Å²) in [7, 11) is 0. The first-order valence-electron chi connectivity index (χ1n) is 12.5. The topological polar surface area (TPSA) is 77.8 Å². The van der Waals surface area contributed by atoms with Crippen molar-refractivity contribution in [3.63, 3.8) is 0 Å². The van der Waals surface area contributed by atoms with Crippen LogP contribution in [0, 0.1) is 11.8 Å². The van der Waals surface area contributed by atoms with Gasteiger partial charge in [0.2, 0.25) is 0 Å². The number of allylic oxidation sites excluding steroid dienone is 3. The fourth-order valence-electron chi connectivity index (χ4n) is 4.84. The molecule has 1 saturated carbocycles. The average Bonchev–Trinajstić information content (AvgIpc) is 2.78. The van der Waals surface area contributed by atoms with E-state index in [1.807, 2.05) is 24.3 Å². The zero-order valence-electron chi connectivity index (χ0n) is 19.7. The fraction of sp³-hybridized carbons (Fsp3) is 0.607. The number of carbonyl (C=O) groups is 1. The van der Waals surface area contributed by atoms with Gasteiger partial charge in [-0.15, -0.1) is 0 Å². The van der Waals surface area contributed by atoms with Gasteiger partial charge in [-0.25, -0.2) is 0 Å². The minimum Gasteiger partial charge on any atom is -0.481 e. The van der Waals surface area contributed by atoms with Crippen molar-refractivity contribution >= 4 is 5.97 Å². The first kappa shape index (κ1) is 26.3. The predicted octanol–water partition coefficient (Wildman–Crippen LogP) is 5.86. The van der Waals surface area contributed by atoms with Crippen LogP contribution >= 0.6 is 0 Å². The molecule has 4 nitrogen and oxygen atoms in total. The molecule has 0 radical (unpaired) electrons. The summed E-state index contributed by atoms with van der Waals surface area (Å²) in [5.74, 6) is -0.295. The number of benzene rings is 1. The van der Waals surface area contributed by atoms with Gasteiger partial charge >= 0.3 is 5.97 Å². The highest BCUT2D eigenvalue weighted by Crippen LogP contribution is 2.35. The number of hydrogen-bond acceptors (Lipinski definition) is 3. The first-order valence-corrected chi connectivity index (χ1v) is 12.5. The molecule has 4 unspecified atom stereocenters. The van der Waals surface area contributed by atoms with Gasteiger partial charge in [0.25, 0.3) is 0 Å². The zero-order chi connectivity index (χ0) is 23.2. The van der Waals surface area contributed by atoms with Gasteiger partial charge in [0.05, 0.1) is 12.2 Å². The van der Waals surface area contributed by atoms with Gasteiger partial charge in [-0.1, -0.05) is 81.2 Å². The monoisotopic (exact) mass is 442 g/mol. The number of hydrogen-bond donors (Lipinski definition) is 3. The van der Waals surface area contributed by atoms with Gasteiger partial charge in [0.15, 0.2) is 0 Å². The van der Waals surface area contributed by atoms with E-state index < -0.39 is 18.2 Å². The third kappa shape index (κ3) is 9.70. The highest BCUT2D eigenvalue weighted by atomic mass is 16.4. The predicted molar refractivity (Wildman–Crippen MR) is 131 cm³/mol. The molecule has 0 spiro atoms. The summed E-state index contributed by atoms with van der Waals surface area (Å²) in [5, 5.41) is 29.9. The van der Waals surface area contributed by atoms with Gasteiger partial charge in [-0.2, -0.15) is 0 Å². The molecule has 32 heavy (non-hydrogen) atoms. The molecule has 0 heterocycles. The maximum atomic E-state index is 10.7. The number of rotatable bonds is 14. The lowest BCUT2D eigenvalue weighted by Gasteiger charge is -2.33. The third-order valence-electron chi connectivity index (χ3n) is 6.66. The molecule has 1 aliphatic carbocycles. The van der Waals surface area contributed by atoms with E-state index in [9.17, 15) is 15.0 Å². The molecule has 1 aliphatic rings. The molecule has 1 aromatic carbocycles. The smallest absolute Gasteiger partial charge is 0.303 e. The Hall–Kier alpha value is -1.91. The van der Waals surface area contributed by atoms with Crippen LogP contribution in [0.4, 0.5) is 0 Å². The highest BCUT2D eigenvalue weighted by molar-refractivity contribution is 5.66. The molecule has 0 saturated heterocycles. The van der Waals surface area contributed by atoms with Crippen molar-refractivity contribution in [3.8, 4) is 0 Å². The molecule has 0 aromatic heterocycles. The van der Waals surface area contributed by atoms with Crippen molar-refractivity contribution in [1.82, 2.24) is 0 Å². The van der Waals surface area contributed by atoms with E-state index in [1.165, 1.54) is 30.4 Å². The Morgan fingerprint density at radius 2 is 1.81 bits per heavy atom. The lowest BCUT2D eigenvalue weighted by Crippen LogP contribution is -2.30. The van der Waals surface area contributed by atoms with E-state index in [1.54, 1.807) is 0 Å². The Kier molecular flexibility index (Phi) is 12.4. The SMILES string of the molecule is CCCCCc1ccccc1CC(O)/C=C/C=C/C1CCCCC1C(O)CCCC(=O)O. The lowest BCUT2D eigenvalue weighted by molar-refractivity contribution is -0.137. The molecule has 4 atom stereocenters. The van der Waals surface area contributed by atoms with Crippen molar-refractivity contribution < 1.29 is 20.1 Å². The first-order chi connectivity index (χ1) is 15.5. The maximum Gasteiger partial charge on any atom is 0.303 e. The summed E-state index contributed by atoms with van der Waals surface area (Å²) < 4.78 is 0. The normalized spacial score (nSPS) is 21.2. The molecule has 178 valence electrons. The van der Waals surface area contributed by atoms with Gasteiger partial charge < -0.3 is 15.3 Å². The average molecular weight is 443 g/mol. The Labute approximate surface area is 194 Å². The molecule has 2 rings (SSSR count). The molecular formula is C28H42O4. The second kappa shape index (κ2) is 15.0. The van der Waals surface area contributed by atoms with Crippen molar-refractivity contribution in [2.24, 2.45) is 11.8 Å². The van der Waals surface area contributed by atoms with E-state index >= 15 is 0 Å². The van der Waals surface area contributed by atoms with Crippen LogP contribution in [-0.4, -0.2) is 33.5 Å². The summed E-state index contributed by atoms with van der Waals surface area (Å²) in [4.78, 5) is 10.7. The van der Waals surface area contributed by atoms with E-state index in [0.717, 1.165) is 32.1 Å². The Morgan fingerprint density at radius 1 is 1.06 bits per heavy atom. The number of carboxylic acids is 1. The maximum absolute atomic E-state index is 10.7. The molecular weight excluding hydrogens is 400 g/mol. The lowest BCUT2D eigenvalue weighted by atomic mass is 9.75. The highest BCUT2D eigenvalue weighted by Gasteiger charge is 2.28. The minimum atomic E-state index is -0.801. The second-order valence-electron chi connectivity index (χ2n) is 9.23. The van der Waals surface area contributed by atoms with Gasteiger partial charge in [0.1, 0.15) is 0 Å². The Morgan fingerprint density at radius 3 is 2.56 bits per heavy atom. The van der Waals surface area contributed by atoms with Crippen LogP contribution in [-0.2, 0) is 17.6 Å². The van der Waals surface area contributed by atoms with Gasteiger partial charge in [-0.05, 0) is 61.5 Å². The number of aryl methyl sites for hydroxylation is 1. The van der Waals surface area contributed by atoms with E-state index in [4.69, 9.17) is 5.11 Å². The Bertz CT molecular complexity index is 724. The number of unbranched alkanes of at least 4 members (excludes halogenated alkanes) is 2. The molecule has 0 bridgehead atoms. The van der Waals surface area contributed by atoms with E-state index in [-0.39, 0.29) is 12.3 Å². The minimum absolute atomic E-state index is 0.118.